The number of rotatable bonds is 3. The van der Waals surface area contributed by atoms with Crippen LogP contribution in [0.5, 0.6) is 0 Å². The van der Waals surface area contributed by atoms with Gasteiger partial charge in [-0.2, -0.15) is 0 Å². The summed E-state index contributed by atoms with van der Waals surface area (Å²) in [5, 5.41) is 0. The molecule has 0 saturated heterocycles. The Balaban J connectivity index is 2.38. The SMILES string of the molecule is CCC1=CC=CC(c2cccc(CC)c2)=C(C)C1. The van der Waals surface area contributed by atoms with Gasteiger partial charge in [0.25, 0.3) is 0 Å². The molecule has 2 rings (SSSR count). The highest BCUT2D eigenvalue weighted by atomic mass is 14.1. The van der Waals surface area contributed by atoms with Crippen molar-refractivity contribution < 1.29 is 0 Å². The van der Waals surface area contributed by atoms with Gasteiger partial charge >= 0.3 is 0 Å². The second-order valence-electron chi connectivity index (χ2n) is 4.96. The van der Waals surface area contributed by atoms with Crippen molar-refractivity contribution in [1.29, 1.82) is 0 Å². The molecule has 0 nitrogen and oxygen atoms in total. The van der Waals surface area contributed by atoms with E-state index in [1.807, 2.05) is 0 Å². The number of allylic oxidation sites excluding steroid dienone is 6. The summed E-state index contributed by atoms with van der Waals surface area (Å²) in [4.78, 5) is 0. The Labute approximate surface area is 111 Å². The zero-order valence-corrected chi connectivity index (χ0v) is 11.7. The fourth-order valence-electron chi connectivity index (χ4n) is 2.46. The molecule has 0 spiro atoms. The van der Waals surface area contributed by atoms with Crippen molar-refractivity contribution in [3.8, 4) is 0 Å². The molecular weight excluding hydrogens is 216 g/mol. The molecule has 1 aliphatic rings. The van der Waals surface area contributed by atoms with Crippen LogP contribution in [-0.4, -0.2) is 0 Å². The maximum Gasteiger partial charge on any atom is -0.00990 e. The van der Waals surface area contributed by atoms with E-state index in [0.717, 1.165) is 19.3 Å². The van der Waals surface area contributed by atoms with E-state index in [1.54, 1.807) is 0 Å². The van der Waals surface area contributed by atoms with Crippen molar-refractivity contribution in [3.05, 3.63) is 64.8 Å². The predicted octanol–water partition coefficient (Wildman–Crippen LogP) is 5.32. The first-order valence-corrected chi connectivity index (χ1v) is 6.89. The zero-order chi connectivity index (χ0) is 13.0. The van der Waals surface area contributed by atoms with Crippen molar-refractivity contribution >= 4 is 5.57 Å². The molecular formula is C18H22. The molecule has 0 unspecified atom stereocenters. The Morgan fingerprint density at radius 3 is 2.67 bits per heavy atom. The van der Waals surface area contributed by atoms with Crippen LogP contribution in [0.15, 0.2) is 53.6 Å². The quantitative estimate of drug-likeness (QED) is 0.668. The standard InChI is InChI=1S/C18H22/c1-4-15-9-7-11-18(14(3)12-15)17-10-6-8-16(5-2)13-17/h6-11,13H,4-5,12H2,1-3H3. The highest BCUT2D eigenvalue weighted by molar-refractivity contribution is 5.78. The first kappa shape index (κ1) is 12.9. The molecule has 0 bridgehead atoms. The Morgan fingerprint density at radius 2 is 1.94 bits per heavy atom. The maximum atomic E-state index is 2.32. The van der Waals surface area contributed by atoms with Crippen LogP contribution in [0.4, 0.5) is 0 Å². The molecule has 0 saturated carbocycles. The minimum absolute atomic E-state index is 1.10. The van der Waals surface area contributed by atoms with Gasteiger partial charge in [0.05, 0.1) is 0 Å². The summed E-state index contributed by atoms with van der Waals surface area (Å²) in [6, 6.07) is 8.91. The molecule has 0 radical (unpaired) electrons. The van der Waals surface area contributed by atoms with Gasteiger partial charge in [0, 0.05) is 0 Å². The van der Waals surface area contributed by atoms with Gasteiger partial charge in [0.1, 0.15) is 0 Å². The van der Waals surface area contributed by atoms with Crippen molar-refractivity contribution in [2.24, 2.45) is 0 Å². The lowest BCUT2D eigenvalue weighted by atomic mass is 9.95. The van der Waals surface area contributed by atoms with Gasteiger partial charge in [0.15, 0.2) is 0 Å². The molecule has 0 amide bonds. The van der Waals surface area contributed by atoms with E-state index in [-0.39, 0.29) is 0 Å². The van der Waals surface area contributed by atoms with Crippen molar-refractivity contribution in [2.45, 2.75) is 40.0 Å². The van der Waals surface area contributed by atoms with Crippen LogP contribution in [0.25, 0.3) is 5.57 Å². The molecule has 0 heteroatoms. The summed E-state index contributed by atoms with van der Waals surface area (Å²) in [5.74, 6) is 0. The fourth-order valence-corrected chi connectivity index (χ4v) is 2.46. The highest BCUT2D eigenvalue weighted by Crippen LogP contribution is 2.28. The third kappa shape index (κ3) is 2.81. The molecule has 94 valence electrons. The first-order chi connectivity index (χ1) is 8.74. The molecule has 0 aliphatic heterocycles. The lowest BCUT2D eigenvalue weighted by Gasteiger charge is -2.10. The average Bonchev–Trinajstić information content (AvgIpc) is 2.60. The average molecular weight is 238 g/mol. The number of hydrogen-bond acceptors (Lipinski definition) is 0. The fraction of sp³-hybridized carbons (Fsp3) is 0.333. The van der Waals surface area contributed by atoms with Gasteiger partial charge < -0.3 is 0 Å². The van der Waals surface area contributed by atoms with Crippen molar-refractivity contribution in [2.75, 3.05) is 0 Å². The summed E-state index contributed by atoms with van der Waals surface area (Å²) in [6.07, 6.45) is 10.1. The minimum Gasteiger partial charge on any atom is -0.0664 e. The summed E-state index contributed by atoms with van der Waals surface area (Å²) in [7, 11) is 0. The Morgan fingerprint density at radius 1 is 1.11 bits per heavy atom. The Kier molecular flexibility index (Phi) is 4.19. The van der Waals surface area contributed by atoms with Gasteiger partial charge in [-0.15, -0.1) is 0 Å². The van der Waals surface area contributed by atoms with E-state index in [4.69, 9.17) is 0 Å². The number of benzene rings is 1. The van der Waals surface area contributed by atoms with E-state index < -0.39 is 0 Å². The molecule has 1 aliphatic carbocycles. The monoisotopic (exact) mass is 238 g/mol. The maximum absolute atomic E-state index is 2.32. The minimum atomic E-state index is 1.10. The Hall–Kier alpha value is -1.56. The lowest BCUT2D eigenvalue weighted by Crippen LogP contribution is -1.90. The van der Waals surface area contributed by atoms with Crippen LogP contribution < -0.4 is 0 Å². The number of hydrogen-bond donors (Lipinski definition) is 0. The van der Waals surface area contributed by atoms with Crippen LogP contribution in [-0.2, 0) is 6.42 Å². The lowest BCUT2D eigenvalue weighted by molar-refractivity contribution is 0.995. The summed E-state index contributed by atoms with van der Waals surface area (Å²) >= 11 is 0. The number of aryl methyl sites for hydroxylation is 1. The summed E-state index contributed by atoms with van der Waals surface area (Å²) < 4.78 is 0. The zero-order valence-electron chi connectivity index (χ0n) is 11.7. The van der Waals surface area contributed by atoms with Crippen LogP contribution >= 0.6 is 0 Å². The van der Waals surface area contributed by atoms with E-state index in [0.29, 0.717) is 0 Å². The topological polar surface area (TPSA) is 0 Å². The molecule has 18 heavy (non-hydrogen) atoms. The second kappa shape index (κ2) is 5.86. The third-order valence-corrected chi connectivity index (χ3v) is 3.65. The summed E-state index contributed by atoms with van der Waals surface area (Å²) in [6.45, 7) is 6.70. The van der Waals surface area contributed by atoms with Crippen molar-refractivity contribution in [1.82, 2.24) is 0 Å². The van der Waals surface area contributed by atoms with E-state index in [2.05, 4.69) is 63.3 Å². The van der Waals surface area contributed by atoms with Crippen LogP contribution in [0.2, 0.25) is 0 Å². The molecule has 1 aromatic rings. The third-order valence-electron chi connectivity index (χ3n) is 3.65. The molecule has 1 aromatic carbocycles. The van der Waals surface area contributed by atoms with Crippen molar-refractivity contribution in [3.63, 3.8) is 0 Å². The molecule has 0 N–H and O–H groups in total. The van der Waals surface area contributed by atoms with Crippen LogP contribution in [0, 0.1) is 0 Å². The van der Waals surface area contributed by atoms with Crippen LogP contribution in [0.1, 0.15) is 44.7 Å². The van der Waals surface area contributed by atoms with Gasteiger partial charge in [-0.3, -0.25) is 0 Å². The van der Waals surface area contributed by atoms with E-state index in [9.17, 15) is 0 Å². The first-order valence-electron chi connectivity index (χ1n) is 6.89. The highest BCUT2D eigenvalue weighted by Gasteiger charge is 2.07. The van der Waals surface area contributed by atoms with E-state index in [1.165, 1.54) is 27.8 Å². The predicted molar refractivity (Wildman–Crippen MR) is 80.5 cm³/mol. The molecule has 0 atom stereocenters. The van der Waals surface area contributed by atoms with E-state index >= 15 is 0 Å². The smallest absolute Gasteiger partial charge is 0.00990 e. The Bertz CT molecular complexity index is 513. The molecule has 0 heterocycles. The van der Waals surface area contributed by atoms with Gasteiger partial charge in [0.2, 0.25) is 0 Å². The summed E-state index contributed by atoms with van der Waals surface area (Å²) in [5.41, 5.74) is 7.16. The normalized spacial score (nSPS) is 15.6. The van der Waals surface area contributed by atoms with Gasteiger partial charge in [-0.1, -0.05) is 67.5 Å². The largest absolute Gasteiger partial charge is 0.0664 e. The van der Waals surface area contributed by atoms with Crippen LogP contribution in [0.3, 0.4) is 0 Å². The van der Waals surface area contributed by atoms with Gasteiger partial charge in [-0.25, -0.2) is 0 Å². The second-order valence-corrected chi connectivity index (χ2v) is 4.96. The molecule has 0 fully saturated rings. The molecule has 0 aromatic heterocycles. The van der Waals surface area contributed by atoms with Gasteiger partial charge in [-0.05, 0) is 42.9 Å².